The second-order valence-electron chi connectivity index (χ2n) is 5.11. The van der Waals surface area contributed by atoms with E-state index < -0.39 is 39.0 Å². The first-order valence-corrected chi connectivity index (χ1v) is 8.36. The summed E-state index contributed by atoms with van der Waals surface area (Å²) >= 11 is 0. The van der Waals surface area contributed by atoms with Gasteiger partial charge in [-0.3, -0.25) is 4.72 Å². The fourth-order valence-corrected chi connectivity index (χ4v) is 3.18. The van der Waals surface area contributed by atoms with Crippen molar-refractivity contribution in [3.63, 3.8) is 0 Å². The molecule has 0 saturated carbocycles. The lowest BCUT2D eigenvalue weighted by Crippen LogP contribution is -2.13. The Balaban J connectivity index is 1.91. The molecule has 0 unspecified atom stereocenters. The Morgan fingerprint density at radius 1 is 0.840 bits per heavy atom. The number of anilines is 1. The van der Waals surface area contributed by atoms with Crippen LogP contribution >= 0.6 is 0 Å². The van der Waals surface area contributed by atoms with Crippen molar-refractivity contribution in [3.05, 3.63) is 71.9 Å². The zero-order chi connectivity index (χ0) is 18.2. The Bertz CT molecular complexity index is 1030. The normalized spacial score (nSPS) is 11.5. The zero-order valence-electron chi connectivity index (χ0n) is 12.4. The quantitative estimate of drug-likeness (QED) is 0.538. The fraction of sp³-hybridized carbons (Fsp3) is 0. The number of hydrogen-bond donors (Lipinski definition) is 2. The van der Waals surface area contributed by atoms with Crippen molar-refractivity contribution in [1.29, 1.82) is 0 Å². The van der Waals surface area contributed by atoms with Gasteiger partial charge in [-0.25, -0.2) is 26.0 Å². The Morgan fingerprint density at radius 2 is 1.48 bits per heavy atom. The lowest BCUT2D eigenvalue weighted by molar-refractivity contribution is 0.496. The molecule has 0 radical (unpaired) electrons. The van der Waals surface area contributed by atoms with Crippen LogP contribution in [0.3, 0.4) is 0 Å². The molecule has 0 aliphatic carbocycles. The van der Waals surface area contributed by atoms with E-state index in [9.17, 15) is 26.0 Å². The number of hydrogen-bond acceptors (Lipinski definition) is 2. The summed E-state index contributed by atoms with van der Waals surface area (Å²) in [6, 6.07) is 7.20. The van der Waals surface area contributed by atoms with Gasteiger partial charge in [0.25, 0.3) is 10.0 Å². The highest BCUT2D eigenvalue weighted by molar-refractivity contribution is 7.92. The summed E-state index contributed by atoms with van der Waals surface area (Å²) in [5.41, 5.74) is 0.191. The van der Waals surface area contributed by atoms with Gasteiger partial charge in [0.2, 0.25) is 0 Å². The predicted octanol–water partition coefficient (Wildman–Crippen LogP) is 4.04. The van der Waals surface area contributed by atoms with E-state index in [1.807, 2.05) is 4.72 Å². The van der Waals surface area contributed by atoms with Crippen LogP contribution in [0.15, 0.2) is 53.6 Å². The molecular weight excluding hydrogens is 360 g/mol. The van der Waals surface area contributed by atoms with Crippen LogP contribution in [-0.4, -0.2) is 13.4 Å². The van der Waals surface area contributed by atoms with Crippen LogP contribution in [0.1, 0.15) is 0 Å². The Kier molecular flexibility index (Phi) is 4.25. The van der Waals surface area contributed by atoms with Crippen LogP contribution in [0.5, 0.6) is 0 Å². The van der Waals surface area contributed by atoms with Gasteiger partial charge in [-0.1, -0.05) is 0 Å². The molecule has 0 aliphatic heterocycles. The summed E-state index contributed by atoms with van der Waals surface area (Å²) in [6.07, 6.45) is 1.14. The summed E-state index contributed by atoms with van der Waals surface area (Å²) in [6.45, 7) is 0. The largest absolute Gasteiger partial charge is 0.360 e. The number of aromatic nitrogens is 1. The van der Waals surface area contributed by atoms with Crippen molar-refractivity contribution in [2.75, 3.05) is 4.72 Å². The van der Waals surface area contributed by atoms with E-state index in [1.54, 1.807) is 0 Å². The minimum atomic E-state index is -4.25. The molecule has 2 aromatic carbocycles. The molecule has 0 atom stereocenters. The Hall–Kier alpha value is -2.81. The van der Waals surface area contributed by atoms with Crippen LogP contribution in [0, 0.1) is 23.3 Å². The molecule has 25 heavy (non-hydrogen) atoms. The third-order valence-electron chi connectivity index (χ3n) is 3.38. The third-order valence-corrected chi connectivity index (χ3v) is 4.72. The molecule has 3 aromatic rings. The molecular formula is C16H10F4N2O2S. The van der Waals surface area contributed by atoms with E-state index in [0.29, 0.717) is 17.3 Å². The van der Waals surface area contributed by atoms with E-state index in [0.717, 1.165) is 6.20 Å². The van der Waals surface area contributed by atoms with E-state index in [1.165, 1.54) is 30.3 Å². The van der Waals surface area contributed by atoms with Gasteiger partial charge in [0.15, 0.2) is 11.6 Å². The maximum Gasteiger partial charge on any atom is 0.263 e. The van der Waals surface area contributed by atoms with Crippen LogP contribution in [0.4, 0.5) is 23.2 Å². The average molecular weight is 370 g/mol. The molecule has 4 nitrogen and oxygen atoms in total. The van der Waals surface area contributed by atoms with Gasteiger partial charge in [-0.15, -0.1) is 0 Å². The SMILES string of the molecule is O=S(=O)(Nc1cc(F)c(F)cc1F)c1c[nH]c(-c2ccc(F)cc2)c1. The molecule has 0 spiro atoms. The van der Waals surface area contributed by atoms with E-state index in [4.69, 9.17) is 0 Å². The molecule has 1 heterocycles. The Labute approximate surface area is 140 Å². The van der Waals surface area contributed by atoms with Crippen LogP contribution < -0.4 is 4.72 Å². The van der Waals surface area contributed by atoms with Gasteiger partial charge < -0.3 is 4.98 Å². The number of H-pyrrole nitrogens is 1. The third kappa shape index (κ3) is 3.50. The molecule has 1 aromatic heterocycles. The molecule has 0 saturated heterocycles. The van der Waals surface area contributed by atoms with E-state index >= 15 is 0 Å². The number of nitrogens with one attached hydrogen (secondary N) is 2. The second kappa shape index (κ2) is 6.25. The first-order valence-electron chi connectivity index (χ1n) is 6.88. The molecule has 0 fully saturated rings. The lowest BCUT2D eigenvalue weighted by atomic mass is 10.1. The number of sulfonamides is 1. The summed E-state index contributed by atoms with van der Waals surface area (Å²) in [5, 5.41) is 0. The molecule has 0 bridgehead atoms. The first kappa shape index (κ1) is 17.0. The van der Waals surface area contributed by atoms with Crippen molar-refractivity contribution in [3.8, 4) is 11.3 Å². The smallest absolute Gasteiger partial charge is 0.263 e. The molecule has 0 amide bonds. The van der Waals surface area contributed by atoms with Crippen molar-refractivity contribution in [2.45, 2.75) is 4.90 Å². The highest BCUT2D eigenvalue weighted by Crippen LogP contribution is 2.25. The number of benzene rings is 2. The maximum absolute atomic E-state index is 13.6. The Morgan fingerprint density at radius 3 is 2.16 bits per heavy atom. The topological polar surface area (TPSA) is 62.0 Å². The highest BCUT2D eigenvalue weighted by Gasteiger charge is 2.20. The van der Waals surface area contributed by atoms with Crippen molar-refractivity contribution in [1.82, 2.24) is 4.98 Å². The number of aromatic amines is 1. The van der Waals surface area contributed by atoms with Crippen molar-refractivity contribution in [2.24, 2.45) is 0 Å². The summed E-state index contributed by atoms with van der Waals surface area (Å²) in [4.78, 5) is 2.45. The van der Waals surface area contributed by atoms with Crippen LogP contribution in [0.25, 0.3) is 11.3 Å². The fourth-order valence-electron chi connectivity index (χ4n) is 2.13. The van der Waals surface area contributed by atoms with Crippen molar-refractivity contribution >= 4 is 15.7 Å². The molecule has 9 heteroatoms. The van der Waals surface area contributed by atoms with Gasteiger partial charge in [0, 0.05) is 24.0 Å². The monoisotopic (exact) mass is 370 g/mol. The maximum atomic E-state index is 13.6. The standard InChI is InChI=1S/C16H10F4N2O2S/c17-10-3-1-9(2-4-10)15-5-11(8-21-15)25(23,24)22-16-7-13(19)12(18)6-14(16)20/h1-8,21-22H. The molecule has 2 N–H and O–H groups in total. The summed E-state index contributed by atoms with van der Waals surface area (Å²) < 4.78 is 79.0. The van der Waals surface area contributed by atoms with Crippen molar-refractivity contribution < 1.29 is 26.0 Å². The molecule has 3 rings (SSSR count). The minimum Gasteiger partial charge on any atom is -0.360 e. The average Bonchev–Trinajstić information content (AvgIpc) is 3.04. The molecule has 0 aliphatic rings. The minimum absolute atomic E-state index is 0.244. The number of rotatable bonds is 4. The van der Waals surface area contributed by atoms with Gasteiger partial charge in [-0.2, -0.15) is 0 Å². The van der Waals surface area contributed by atoms with Gasteiger partial charge in [-0.05, 0) is 35.9 Å². The van der Waals surface area contributed by atoms with Gasteiger partial charge >= 0.3 is 0 Å². The summed E-state index contributed by atoms with van der Waals surface area (Å²) in [5.74, 6) is -4.52. The predicted molar refractivity (Wildman–Crippen MR) is 83.3 cm³/mol. The van der Waals surface area contributed by atoms with Gasteiger partial charge in [0.1, 0.15) is 16.5 Å². The first-order chi connectivity index (χ1) is 11.8. The second-order valence-corrected chi connectivity index (χ2v) is 6.79. The van der Waals surface area contributed by atoms with E-state index in [-0.39, 0.29) is 11.0 Å². The van der Waals surface area contributed by atoms with Crippen LogP contribution in [-0.2, 0) is 10.0 Å². The highest BCUT2D eigenvalue weighted by atomic mass is 32.2. The van der Waals surface area contributed by atoms with Gasteiger partial charge in [0.05, 0.1) is 5.69 Å². The molecule has 130 valence electrons. The zero-order valence-corrected chi connectivity index (χ0v) is 13.2. The lowest BCUT2D eigenvalue weighted by Gasteiger charge is -2.08. The van der Waals surface area contributed by atoms with E-state index in [2.05, 4.69) is 4.98 Å². The number of halogens is 4. The van der Waals surface area contributed by atoms with Crippen LogP contribution in [0.2, 0.25) is 0 Å². The summed E-state index contributed by atoms with van der Waals surface area (Å²) in [7, 11) is -4.25.